The van der Waals surface area contributed by atoms with E-state index >= 15 is 0 Å². The second-order valence-electron chi connectivity index (χ2n) is 9.13. The number of urea groups is 1. The fraction of sp³-hybridized carbons (Fsp3) is 0.423. The average Bonchev–Trinajstić information content (AvgIpc) is 2.83. The minimum Gasteiger partial charge on any atom is -0.362 e. The van der Waals surface area contributed by atoms with E-state index in [-0.39, 0.29) is 12.1 Å². The standard InChI is InChI=1S/C26H34N6O/c1-18(20-9-5-4-6-10-20)28-26(33)27-17-19-13-15-21(16-14-19)29-25-30-23-12-8-7-11-22(23)24(31-25)32(2)3/h4-12,18-19,21H,13-17H2,1-3H3,(H2,27,28,33)(H,29,30,31). The van der Waals surface area contributed by atoms with Crippen molar-refractivity contribution in [1.29, 1.82) is 0 Å². The van der Waals surface area contributed by atoms with Crippen molar-refractivity contribution in [2.24, 2.45) is 5.92 Å². The van der Waals surface area contributed by atoms with Crippen LogP contribution in [-0.2, 0) is 0 Å². The third-order valence-electron chi connectivity index (χ3n) is 6.39. The molecular weight excluding hydrogens is 412 g/mol. The molecule has 1 fully saturated rings. The maximum atomic E-state index is 12.3. The van der Waals surface area contributed by atoms with Crippen molar-refractivity contribution < 1.29 is 4.79 Å². The molecule has 1 atom stereocenters. The zero-order chi connectivity index (χ0) is 23.2. The lowest BCUT2D eigenvalue weighted by atomic mass is 9.86. The van der Waals surface area contributed by atoms with Crippen molar-refractivity contribution in [3.05, 3.63) is 60.2 Å². The molecule has 2 aromatic carbocycles. The van der Waals surface area contributed by atoms with Gasteiger partial charge in [0, 0.05) is 32.1 Å². The number of anilines is 2. The molecule has 2 amide bonds. The lowest BCUT2D eigenvalue weighted by Gasteiger charge is -2.29. The Morgan fingerprint density at radius 1 is 1.00 bits per heavy atom. The molecule has 1 saturated carbocycles. The predicted molar refractivity (Wildman–Crippen MR) is 135 cm³/mol. The van der Waals surface area contributed by atoms with Crippen LogP contribution in [0, 0.1) is 5.92 Å². The summed E-state index contributed by atoms with van der Waals surface area (Å²) in [6.07, 6.45) is 4.23. The number of nitrogens with one attached hydrogen (secondary N) is 3. The van der Waals surface area contributed by atoms with Crippen LogP contribution in [0.25, 0.3) is 10.9 Å². The van der Waals surface area contributed by atoms with Crippen LogP contribution < -0.4 is 20.9 Å². The van der Waals surface area contributed by atoms with Crippen LogP contribution in [0.5, 0.6) is 0 Å². The number of benzene rings is 2. The molecule has 1 aliphatic rings. The van der Waals surface area contributed by atoms with E-state index in [0.29, 0.717) is 24.5 Å². The van der Waals surface area contributed by atoms with Gasteiger partial charge in [-0.2, -0.15) is 4.98 Å². The normalized spacial score (nSPS) is 19.0. The second kappa shape index (κ2) is 10.5. The van der Waals surface area contributed by atoms with Crippen LogP contribution in [0.4, 0.5) is 16.6 Å². The molecule has 4 rings (SSSR count). The minimum absolute atomic E-state index is 0.0138. The number of fused-ring (bicyclic) bond motifs is 1. The van der Waals surface area contributed by atoms with Crippen molar-refractivity contribution in [2.75, 3.05) is 30.9 Å². The van der Waals surface area contributed by atoms with E-state index in [1.807, 2.05) is 74.4 Å². The summed E-state index contributed by atoms with van der Waals surface area (Å²) in [6.45, 7) is 2.71. The van der Waals surface area contributed by atoms with Crippen molar-refractivity contribution >= 4 is 28.7 Å². The number of rotatable bonds is 7. The van der Waals surface area contributed by atoms with Crippen LogP contribution in [0.3, 0.4) is 0 Å². The van der Waals surface area contributed by atoms with Crippen molar-refractivity contribution in [1.82, 2.24) is 20.6 Å². The van der Waals surface area contributed by atoms with Gasteiger partial charge in [0.1, 0.15) is 5.82 Å². The molecule has 0 saturated heterocycles. The quantitative estimate of drug-likeness (QED) is 0.489. The average molecular weight is 447 g/mol. The summed E-state index contributed by atoms with van der Waals surface area (Å²) in [5, 5.41) is 10.7. The Morgan fingerprint density at radius 3 is 2.42 bits per heavy atom. The Kier molecular flexibility index (Phi) is 7.27. The van der Waals surface area contributed by atoms with E-state index in [4.69, 9.17) is 9.97 Å². The van der Waals surface area contributed by atoms with Gasteiger partial charge in [-0.25, -0.2) is 9.78 Å². The molecule has 0 aliphatic heterocycles. The van der Waals surface area contributed by atoms with E-state index in [2.05, 4.69) is 22.0 Å². The van der Waals surface area contributed by atoms with Crippen LogP contribution in [0.2, 0.25) is 0 Å². The lowest BCUT2D eigenvalue weighted by Crippen LogP contribution is -2.40. The summed E-state index contributed by atoms with van der Waals surface area (Å²) in [5.41, 5.74) is 2.06. The number of carbonyl (C=O) groups is 1. The summed E-state index contributed by atoms with van der Waals surface area (Å²) in [5.74, 6) is 2.11. The third kappa shape index (κ3) is 5.92. The Balaban J connectivity index is 1.25. The van der Waals surface area contributed by atoms with Gasteiger partial charge in [0.2, 0.25) is 5.95 Å². The molecule has 1 aliphatic carbocycles. The molecule has 7 heteroatoms. The number of para-hydroxylation sites is 1. The number of aromatic nitrogens is 2. The van der Waals surface area contributed by atoms with Gasteiger partial charge in [0.05, 0.1) is 11.6 Å². The van der Waals surface area contributed by atoms with Gasteiger partial charge >= 0.3 is 6.03 Å². The van der Waals surface area contributed by atoms with Gasteiger partial charge in [-0.1, -0.05) is 42.5 Å². The van der Waals surface area contributed by atoms with E-state index in [1.165, 1.54) is 0 Å². The smallest absolute Gasteiger partial charge is 0.315 e. The van der Waals surface area contributed by atoms with E-state index < -0.39 is 0 Å². The molecule has 1 unspecified atom stereocenters. The molecule has 0 spiro atoms. The highest BCUT2D eigenvalue weighted by Gasteiger charge is 2.23. The SMILES string of the molecule is CC(NC(=O)NCC1CCC(Nc2nc(N(C)C)c3ccccc3n2)CC1)c1ccccc1. The number of carbonyl (C=O) groups excluding carboxylic acids is 1. The highest BCUT2D eigenvalue weighted by molar-refractivity contribution is 5.90. The Hall–Kier alpha value is -3.35. The van der Waals surface area contributed by atoms with E-state index in [1.54, 1.807) is 0 Å². The molecule has 3 N–H and O–H groups in total. The minimum atomic E-state index is -0.104. The summed E-state index contributed by atoms with van der Waals surface area (Å²) >= 11 is 0. The Labute approximate surface area is 196 Å². The summed E-state index contributed by atoms with van der Waals surface area (Å²) < 4.78 is 0. The molecule has 174 valence electrons. The summed E-state index contributed by atoms with van der Waals surface area (Å²) in [7, 11) is 4.01. The number of nitrogens with zero attached hydrogens (tertiary/aromatic N) is 3. The fourth-order valence-electron chi connectivity index (χ4n) is 4.47. The number of amides is 2. The number of hydrogen-bond donors (Lipinski definition) is 3. The molecule has 1 aromatic heterocycles. The predicted octanol–water partition coefficient (Wildman–Crippen LogP) is 4.73. The third-order valence-corrected chi connectivity index (χ3v) is 6.39. The molecule has 0 radical (unpaired) electrons. The summed E-state index contributed by atoms with van der Waals surface area (Å²) in [6, 6.07) is 18.4. The molecule has 33 heavy (non-hydrogen) atoms. The molecule has 0 bridgehead atoms. The van der Waals surface area contributed by atoms with Gasteiger partial charge in [-0.15, -0.1) is 0 Å². The van der Waals surface area contributed by atoms with Crippen molar-refractivity contribution in [3.63, 3.8) is 0 Å². The van der Waals surface area contributed by atoms with Gasteiger partial charge in [-0.3, -0.25) is 0 Å². The van der Waals surface area contributed by atoms with E-state index in [9.17, 15) is 4.79 Å². The van der Waals surface area contributed by atoms with Gasteiger partial charge in [-0.05, 0) is 56.2 Å². The van der Waals surface area contributed by atoms with Gasteiger partial charge in [0.25, 0.3) is 0 Å². The van der Waals surface area contributed by atoms with E-state index in [0.717, 1.165) is 48.0 Å². The fourth-order valence-corrected chi connectivity index (χ4v) is 4.47. The second-order valence-corrected chi connectivity index (χ2v) is 9.13. The van der Waals surface area contributed by atoms with Gasteiger partial charge < -0.3 is 20.9 Å². The van der Waals surface area contributed by atoms with Gasteiger partial charge in [0.15, 0.2) is 0 Å². The topological polar surface area (TPSA) is 82.2 Å². The summed E-state index contributed by atoms with van der Waals surface area (Å²) in [4.78, 5) is 23.8. The molecule has 7 nitrogen and oxygen atoms in total. The first-order chi connectivity index (χ1) is 16.0. The highest BCUT2D eigenvalue weighted by atomic mass is 16.2. The van der Waals surface area contributed by atoms with Crippen molar-refractivity contribution in [3.8, 4) is 0 Å². The first-order valence-electron chi connectivity index (χ1n) is 11.8. The molecule has 1 heterocycles. The maximum absolute atomic E-state index is 12.3. The van der Waals surface area contributed by atoms with Crippen molar-refractivity contribution in [2.45, 2.75) is 44.7 Å². The zero-order valence-corrected chi connectivity index (χ0v) is 19.7. The highest BCUT2D eigenvalue weighted by Crippen LogP contribution is 2.28. The molecular formula is C26H34N6O. The van der Waals surface area contributed by atoms with Crippen LogP contribution >= 0.6 is 0 Å². The van der Waals surface area contributed by atoms with Crippen LogP contribution in [-0.4, -0.2) is 42.7 Å². The number of hydrogen-bond acceptors (Lipinski definition) is 5. The van der Waals surface area contributed by atoms with Crippen LogP contribution in [0.1, 0.15) is 44.2 Å². The zero-order valence-electron chi connectivity index (χ0n) is 19.7. The maximum Gasteiger partial charge on any atom is 0.315 e. The van der Waals surface area contributed by atoms with Crippen LogP contribution in [0.15, 0.2) is 54.6 Å². The lowest BCUT2D eigenvalue weighted by molar-refractivity contribution is 0.232. The largest absolute Gasteiger partial charge is 0.362 e. The Bertz CT molecular complexity index is 1060. The molecule has 3 aromatic rings. The first kappa shape index (κ1) is 22.8. The Morgan fingerprint density at radius 2 is 1.70 bits per heavy atom. The first-order valence-corrected chi connectivity index (χ1v) is 11.8. The monoisotopic (exact) mass is 446 g/mol.